The molecular formula is C43H62N8O3Si. The van der Waals surface area contributed by atoms with Crippen LogP contribution in [0.15, 0.2) is 78.8 Å². The molecule has 12 heteroatoms. The maximum absolute atomic E-state index is 13.5. The second kappa shape index (κ2) is 17.4. The summed E-state index contributed by atoms with van der Waals surface area (Å²) in [5.74, 6) is 1.88. The SMILES string of the molecule is Cc1ccc(N/C(=C\C(=N)C(C)(C)C)NC(=O)N[C@H]2CC[C@@H](Oc3ccc4nnc(N(C)CCO[Si](C(C)C)(C(C)C)C(C)C)n4c3)c3ccccc32)cc1. The van der Waals surface area contributed by atoms with Gasteiger partial charge in [-0.25, -0.2) is 4.79 Å². The molecule has 4 N–H and O–H groups in total. The highest BCUT2D eigenvalue weighted by molar-refractivity contribution is 6.77. The van der Waals surface area contributed by atoms with Crippen LogP contribution in [0.1, 0.15) is 104 Å². The first-order chi connectivity index (χ1) is 26.0. The van der Waals surface area contributed by atoms with Gasteiger partial charge in [0.2, 0.25) is 5.95 Å². The highest BCUT2D eigenvalue weighted by atomic mass is 28.4. The van der Waals surface area contributed by atoms with Gasteiger partial charge < -0.3 is 30.1 Å². The van der Waals surface area contributed by atoms with Crippen molar-refractivity contribution in [2.45, 2.75) is 111 Å². The van der Waals surface area contributed by atoms with Crippen LogP contribution < -0.4 is 25.6 Å². The number of ether oxygens (including phenoxy) is 1. The Morgan fingerprint density at radius 2 is 1.62 bits per heavy atom. The standard InChI is InChI=1S/C43H62N8O3Si/c1-28(2)55(29(3)4,30(5)6)53-25-24-50(11)42-49-48-40-23-20-33(27-51(40)42)54-37-22-21-36(34-14-12-13-15-35(34)37)46-41(52)47-39(26-38(44)43(8,9)10)45-32-18-16-31(7)17-19-32/h12-20,23,26-30,36-37,44-45H,21-22,24-25H2,1-11H3,(H2,46,47,52)/b39-26+,44-38?/t36-,37+/m0/s1. The zero-order valence-electron chi connectivity index (χ0n) is 34.7. The van der Waals surface area contributed by atoms with Crippen LogP contribution in [0, 0.1) is 17.7 Å². The van der Waals surface area contributed by atoms with Gasteiger partial charge >= 0.3 is 6.03 Å². The number of aromatic nitrogens is 3. The third kappa shape index (κ3) is 9.77. The number of rotatable bonds is 15. The molecule has 5 rings (SSSR count). The van der Waals surface area contributed by atoms with Gasteiger partial charge in [0.25, 0.3) is 0 Å². The number of allylic oxidation sites excluding steroid dienone is 1. The molecule has 2 aromatic carbocycles. The number of aryl methyl sites for hydroxylation is 1. The van der Waals surface area contributed by atoms with E-state index in [1.807, 2.05) is 93.9 Å². The van der Waals surface area contributed by atoms with Crippen LogP contribution in [0.3, 0.4) is 0 Å². The van der Waals surface area contributed by atoms with Crippen molar-refractivity contribution in [3.05, 3.63) is 95.4 Å². The van der Waals surface area contributed by atoms with Gasteiger partial charge in [0.1, 0.15) is 17.7 Å². The number of urea groups is 1. The quantitative estimate of drug-likeness (QED) is 0.0700. The summed E-state index contributed by atoms with van der Waals surface area (Å²) in [5.41, 5.74) is 6.34. The average molecular weight is 767 g/mol. The van der Waals surface area contributed by atoms with Crippen LogP contribution in [0.2, 0.25) is 16.6 Å². The number of carbonyl (C=O) groups is 1. The van der Waals surface area contributed by atoms with Crippen molar-refractivity contribution in [1.29, 1.82) is 5.41 Å². The van der Waals surface area contributed by atoms with Crippen molar-refractivity contribution in [3.63, 3.8) is 0 Å². The van der Waals surface area contributed by atoms with Crippen molar-refractivity contribution in [1.82, 2.24) is 25.2 Å². The first kappa shape index (κ1) is 41.5. The summed E-state index contributed by atoms with van der Waals surface area (Å²) in [6, 6.07) is 19.4. The number of carbonyl (C=O) groups excluding carboxylic acids is 1. The minimum absolute atomic E-state index is 0.201. The zero-order chi connectivity index (χ0) is 40.1. The number of hydrogen-bond donors (Lipinski definition) is 4. The topological polar surface area (TPSA) is 129 Å². The summed E-state index contributed by atoms with van der Waals surface area (Å²) in [6.07, 6.45) is 4.84. The van der Waals surface area contributed by atoms with Crippen molar-refractivity contribution >= 4 is 37.3 Å². The molecular weight excluding hydrogens is 705 g/mol. The minimum atomic E-state index is -1.98. The first-order valence-corrected chi connectivity index (χ1v) is 21.8. The summed E-state index contributed by atoms with van der Waals surface area (Å²) >= 11 is 0. The maximum Gasteiger partial charge on any atom is 0.320 e. The summed E-state index contributed by atoms with van der Waals surface area (Å²) in [7, 11) is 0.0556. The molecule has 11 nitrogen and oxygen atoms in total. The van der Waals surface area contributed by atoms with Gasteiger partial charge in [0.05, 0.1) is 18.8 Å². The smallest absolute Gasteiger partial charge is 0.320 e. The summed E-state index contributed by atoms with van der Waals surface area (Å²) < 4.78 is 15.5. The maximum atomic E-state index is 13.5. The lowest BCUT2D eigenvalue weighted by atomic mass is 9.85. The fourth-order valence-corrected chi connectivity index (χ4v) is 13.4. The zero-order valence-corrected chi connectivity index (χ0v) is 35.7. The van der Waals surface area contributed by atoms with E-state index in [-0.39, 0.29) is 23.6 Å². The Hall–Kier alpha value is -4.68. The third-order valence-electron chi connectivity index (χ3n) is 10.9. The molecule has 0 radical (unpaired) electrons. The van der Waals surface area contributed by atoms with Gasteiger partial charge in [0, 0.05) is 36.5 Å². The van der Waals surface area contributed by atoms with Gasteiger partial charge in [-0.05, 0) is 71.8 Å². The predicted octanol–water partition coefficient (Wildman–Crippen LogP) is 9.94. The molecule has 2 aromatic heterocycles. The molecule has 55 heavy (non-hydrogen) atoms. The predicted molar refractivity (Wildman–Crippen MR) is 227 cm³/mol. The van der Waals surface area contributed by atoms with E-state index in [4.69, 9.17) is 14.6 Å². The summed E-state index contributed by atoms with van der Waals surface area (Å²) in [4.78, 5) is 15.6. The van der Waals surface area contributed by atoms with Crippen molar-refractivity contribution in [2.75, 3.05) is 30.4 Å². The van der Waals surface area contributed by atoms with Crippen molar-refractivity contribution in [2.24, 2.45) is 5.41 Å². The lowest BCUT2D eigenvalue weighted by Gasteiger charge is -2.42. The van der Waals surface area contributed by atoms with Crippen molar-refractivity contribution in [3.8, 4) is 5.75 Å². The number of fused-ring (bicyclic) bond motifs is 2. The number of hydrogen-bond acceptors (Lipinski definition) is 8. The molecule has 0 unspecified atom stereocenters. The second-order valence-electron chi connectivity index (χ2n) is 16.9. The third-order valence-corrected chi connectivity index (χ3v) is 17.0. The van der Waals surface area contributed by atoms with Gasteiger partial charge in [-0.2, -0.15) is 0 Å². The average Bonchev–Trinajstić information content (AvgIpc) is 3.54. The van der Waals surface area contributed by atoms with Crippen molar-refractivity contribution < 1.29 is 14.0 Å². The molecule has 0 saturated heterocycles. The Balaban J connectivity index is 1.27. The van der Waals surface area contributed by atoms with E-state index >= 15 is 0 Å². The monoisotopic (exact) mass is 766 g/mol. The van der Waals surface area contributed by atoms with Crippen LogP contribution >= 0.6 is 0 Å². The Labute approximate surface area is 328 Å². The fraction of sp³-hybridized carbons (Fsp3) is 0.488. The number of benzene rings is 2. The van der Waals surface area contributed by atoms with E-state index in [0.717, 1.165) is 34.0 Å². The molecule has 0 aliphatic heterocycles. The molecule has 0 fully saturated rings. The van der Waals surface area contributed by atoms with Crippen LogP contribution in [-0.2, 0) is 4.43 Å². The normalized spacial score (nSPS) is 16.4. The van der Waals surface area contributed by atoms with Gasteiger partial charge in [0.15, 0.2) is 14.0 Å². The summed E-state index contributed by atoms with van der Waals surface area (Å²) in [6.45, 7) is 23.1. The number of likely N-dealkylation sites (N-methyl/N-ethyl adjacent to an activating group) is 1. The molecule has 2 amide bonds. The number of nitrogens with zero attached hydrogens (tertiary/aromatic N) is 4. The highest BCUT2D eigenvalue weighted by Gasteiger charge is 2.45. The fourth-order valence-electron chi connectivity index (χ4n) is 7.91. The second-order valence-corrected chi connectivity index (χ2v) is 22.3. The van der Waals surface area contributed by atoms with E-state index in [9.17, 15) is 4.79 Å². The molecule has 0 spiro atoms. The lowest BCUT2D eigenvalue weighted by Crippen LogP contribution is -2.49. The minimum Gasteiger partial charge on any atom is -0.484 e. The van der Waals surface area contributed by atoms with E-state index < -0.39 is 8.32 Å². The molecule has 2 heterocycles. The number of anilines is 2. The Morgan fingerprint density at radius 1 is 0.964 bits per heavy atom. The molecule has 1 aliphatic rings. The Kier molecular flexibility index (Phi) is 13.1. The first-order valence-electron chi connectivity index (χ1n) is 19.7. The van der Waals surface area contributed by atoms with Crippen LogP contribution in [-0.4, -0.2) is 54.9 Å². The van der Waals surface area contributed by atoms with E-state index in [0.29, 0.717) is 59.9 Å². The van der Waals surface area contributed by atoms with Gasteiger partial charge in [-0.15, -0.1) is 10.2 Å². The van der Waals surface area contributed by atoms with Gasteiger partial charge in [-0.3, -0.25) is 9.72 Å². The van der Waals surface area contributed by atoms with E-state index in [1.165, 1.54) is 0 Å². The van der Waals surface area contributed by atoms with Gasteiger partial charge in [-0.1, -0.05) is 104 Å². The van der Waals surface area contributed by atoms with E-state index in [1.54, 1.807) is 6.08 Å². The van der Waals surface area contributed by atoms with Crippen LogP contribution in [0.5, 0.6) is 5.75 Å². The Bertz CT molecular complexity index is 1940. The Morgan fingerprint density at radius 3 is 2.25 bits per heavy atom. The molecule has 0 saturated carbocycles. The number of pyridine rings is 1. The summed E-state index contributed by atoms with van der Waals surface area (Å²) in [5, 5.41) is 27.0. The number of amides is 2. The largest absolute Gasteiger partial charge is 0.484 e. The molecule has 296 valence electrons. The van der Waals surface area contributed by atoms with Crippen LogP contribution in [0.25, 0.3) is 5.65 Å². The van der Waals surface area contributed by atoms with Crippen LogP contribution in [0.4, 0.5) is 16.4 Å². The molecule has 4 aromatic rings. The number of nitrogens with one attached hydrogen (secondary N) is 4. The lowest BCUT2D eigenvalue weighted by molar-refractivity contribution is 0.171. The molecule has 2 atom stereocenters. The molecule has 1 aliphatic carbocycles. The van der Waals surface area contributed by atoms with E-state index in [2.05, 4.69) is 84.7 Å². The highest BCUT2D eigenvalue weighted by Crippen LogP contribution is 2.42. The molecule has 0 bridgehead atoms.